The molecule has 0 spiro atoms. The van der Waals surface area contributed by atoms with Crippen molar-refractivity contribution in [2.45, 2.75) is 6.92 Å². The van der Waals surface area contributed by atoms with Crippen molar-refractivity contribution in [3.05, 3.63) is 77.2 Å². The van der Waals surface area contributed by atoms with E-state index >= 15 is 0 Å². The maximum absolute atomic E-state index is 13.5. The smallest absolute Gasteiger partial charge is 0.343 e. The van der Waals surface area contributed by atoms with Crippen LogP contribution in [0.4, 0.5) is 4.39 Å². The fourth-order valence-corrected chi connectivity index (χ4v) is 2.15. The monoisotopic (exact) mass is 333 g/mol. The Morgan fingerprint density at radius 2 is 1.84 bits per heavy atom. The second-order valence-corrected chi connectivity index (χ2v) is 5.28. The van der Waals surface area contributed by atoms with Gasteiger partial charge in [0.2, 0.25) is 0 Å². The number of hydrogen-bond acceptors (Lipinski definition) is 5. The summed E-state index contributed by atoms with van der Waals surface area (Å²) in [4.78, 5) is 12.1. The molecule has 6 heteroatoms. The molecule has 0 bridgehead atoms. The fraction of sp³-hybridized carbons (Fsp3) is 0.0526. The Kier molecular flexibility index (Phi) is 4.48. The minimum Gasteiger partial charge on any atom is -0.423 e. The van der Waals surface area contributed by atoms with Gasteiger partial charge in [-0.25, -0.2) is 9.18 Å². The van der Waals surface area contributed by atoms with Crippen molar-refractivity contribution >= 4 is 5.97 Å². The Morgan fingerprint density at radius 3 is 2.44 bits per heavy atom. The number of carbonyl (C=O) groups is 1. The third-order valence-corrected chi connectivity index (χ3v) is 3.49. The van der Waals surface area contributed by atoms with E-state index in [1.54, 1.807) is 30.3 Å². The van der Waals surface area contributed by atoms with Crippen molar-refractivity contribution in [1.82, 2.24) is 10.2 Å². The highest BCUT2D eigenvalue weighted by atomic mass is 19.1. The van der Waals surface area contributed by atoms with Gasteiger partial charge in [0.15, 0.2) is 0 Å². The van der Waals surface area contributed by atoms with Crippen LogP contribution >= 0.6 is 0 Å². The lowest BCUT2D eigenvalue weighted by Crippen LogP contribution is -2.08. The van der Waals surface area contributed by atoms with Gasteiger partial charge in [0, 0.05) is 11.6 Å². The lowest BCUT2D eigenvalue weighted by Gasteiger charge is -2.06. The van der Waals surface area contributed by atoms with Crippen LogP contribution in [-0.4, -0.2) is 16.2 Å². The van der Waals surface area contributed by atoms with Gasteiger partial charge in [0.1, 0.15) is 17.6 Å². The van der Waals surface area contributed by atoms with Gasteiger partial charge in [-0.05, 0) is 43.3 Å². The first-order valence-electron chi connectivity index (χ1n) is 7.39. The molecule has 3 rings (SSSR count). The third kappa shape index (κ3) is 3.67. The molecule has 1 aromatic heterocycles. The summed E-state index contributed by atoms with van der Waals surface area (Å²) >= 11 is 0. The van der Waals surface area contributed by atoms with Gasteiger partial charge in [-0.15, -0.1) is 0 Å². The lowest BCUT2D eigenvalue weighted by atomic mass is 10.1. The van der Waals surface area contributed by atoms with Crippen molar-refractivity contribution < 1.29 is 13.9 Å². The number of hydrogen-bond donors (Lipinski definition) is 0. The normalized spacial score (nSPS) is 10.1. The average Bonchev–Trinajstić information content (AvgIpc) is 2.63. The number of nitrogens with zero attached hydrogens (tertiary/aromatic N) is 3. The van der Waals surface area contributed by atoms with Gasteiger partial charge >= 0.3 is 5.97 Å². The van der Waals surface area contributed by atoms with Crippen molar-refractivity contribution in [2.75, 3.05) is 0 Å². The Morgan fingerprint density at radius 1 is 1.08 bits per heavy atom. The molecule has 0 fully saturated rings. The molecule has 2 aromatic carbocycles. The van der Waals surface area contributed by atoms with Crippen LogP contribution in [0.2, 0.25) is 0 Å². The number of esters is 1. The second-order valence-electron chi connectivity index (χ2n) is 5.28. The molecule has 25 heavy (non-hydrogen) atoms. The summed E-state index contributed by atoms with van der Waals surface area (Å²) in [5.74, 6) is -1.32. The number of halogens is 1. The summed E-state index contributed by atoms with van der Waals surface area (Å²) in [5.41, 5.74) is 2.53. The van der Waals surface area contributed by atoms with E-state index in [2.05, 4.69) is 10.2 Å². The molecule has 0 atom stereocenters. The molecule has 122 valence electrons. The molecule has 0 amide bonds. The summed E-state index contributed by atoms with van der Waals surface area (Å²) < 4.78 is 18.7. The largest absolute Gasteiger partial charge is 0.423 e. The number of aryl methyl sites for hydroxylation is 1. The Balaban J connectivity index is 1.76. The van der Waals surface area contributed by atoms with E-state index in [4.69, 9.17) is 10.00 Å². The highest BCUT2D eigenvalue weighted by molar-refractivity contribution is 5.91. The van der Waals surface area contributed by atoms with Crippen molar-refractivity contribution in [1.29, 1.82) is 5.26 Å². The molecule has 0 unspecified atom stereocenters. The number of rotatable bonds is 3. The standard InChI is InChI=1S/C19H12FN3O2/c1-12-2-9-18(23-22-12)13-3-5-14(6-4-13)19(24)25-16-8-7-15(11-21)17(20)10-16/h2-10H,1H3. The zero-order chi connectivity index (χ0) is 17.8. The molecule has 5 nitrogen and oxygen atoms in total. The third-order valence-electron chi connectivity index (χ3n) is 3.49. The number of carbonyl (C=O) groups excluding carboxylic acids is 1. The van der Waals surface area contributed by atoms with Crippen LogP contribution in [0.15, 0.2) is 54.6 Å². The maximum atomic E-state index is 13.5. The van der Waals surface area contributed by atoms with E-state index in [0.717, 1.165) is 17.3 Å². The first kappa shape index (κ1) is 16.3. The van der Waals surface area contributed by atoms with Crippen LogP contribution in [-0.2, 0) is 0 Å². The predicted molar refractivity (Wildman–Crippen MR) is 88.3 cm³/mol. The quantitative estimate of drug-likeness (QED) is 0.540. The number of ether oxygens (including phenoxy) is 1. The molecule has 0 aliphatic rings. The van der Waals surface area contributed by atoms with E-state index in [1.807, 2.05) is 19.1 Å². The van der Waals surface area contributed by atoms with E-state index in [0.29, 0.717) is 11.3 Å². The Labute approximate surface area is 143 Å². The van der Waals surface area contributed by atoms with Crippen molar-refractivity contribution in [3.8, 4) is 23.1 Å². The molecular weight excluding hydrogens is 321 g/mol. The molecular formula is C19H12FN3O2. The number of nitriles is 1. The van der Waals surface area contributed by atoms with Crippen molar-refractivity contribution in [2.24, 2.45) is 0 Å². The minimum atomic E-state index is -0.735. The van der Waals surface area contributed by atoms with Crippen LogP contribution in [0, 0.1) is 24.1 Å². The lowest BCUT2D eigenvalue weighted by molar-refractivity contribution is 0.0734. The first-order chi connectivity index (χ1) is 12.1. The molecule has 0 saturated carbocycles. The summed E-state index contributed by atoms with van der Waals surface area (Å²) in [7, 11) is 0. The molecule has 0 aliphatic carbocycles. The van der Waals surface area contributed by atoms with E-state index in [1.165, 1.54) is 12.1 Å². The van der Waals surface area contributed by atoms with Crippen molar-refractivity contribution in [3.63, 3.8) is 0 Å². The highest BCUT2D eigenvalue weighted by Crippen LogP contribution is 2.20. The number of benzene rings is 2. The Hall–Kier alpha value is -3.59. The first-order valence-corrected chi connectivity index (χ1v) is 7.39. The maximum Gasteiger partial charge on any atom is 0.343 e. The summed E-state index contributed by atoms with van der Waals surface area (Å²) in [6.07, 6.45) is 0. The summed E-state index contributed by atoms with van der Waals surface area (Å²) in [6.45, 7) is 1.85. The SMILES string of the molecule is Cc1ccc(-c2ccc(C(=O)Oc3ccc(C#N)c(F)c3)cc2)nn1. The zero-order valence-corrected chi connectivity index (χ0v) is 13.2. The van der Waals surface area contributed by atoms with Gasteiger partial charge < -0.3 is 4.74 Å². The zero-order valence-electron chi connectivity index (χ0n) is 13.2. The molecule has 0 N–H and O–H groups in total. The van der Waals surface area contributed by atoms with Gasteiger partial charge in [0.05, 0.1) is 22.5 Å². The van der Waals surface area contributed by atoms with Crippen LogP contribution in [0.25, 0.3) is 11.3 Å². The van der Waals surface area contributed by atoms with Crippen LogP contribution < -0.4 is 4.74 Å². The van der Waals surface area contributed by atoms with E-state index < -0.39 is 11.8 Å². The topological polar surface area (TPSA) is 75.9 Å². The second kappa shape index (κ2) is 6.89. The molecule has 0 saturated heterocycles. The Bertz CT molecular complexity index is 961. The van der Waals surface area contributed by atoms with Crippen LogP contribution in [0.3, 0.4) is 0 Å². The molecule has 0 radical (unpaired) electrons. The van der Waals surface area contributed by atoms with Gasteiger partial charge in [-0.1, -0.05) is 12.1 Å². The molecule has 0 aliphatic heterocycles. The number of aromatic nitrogens is 2. The van der Waals surface area contributed by atoms with Crippen LogP contribution in [0.1, 0.15) is 21.6 Å². The highest BCUT2D eigenvalue weighted by Gasteiger charge is 2.11. The summed E-state index contributed by atoms with van der Waals surface area (Å²) in [5, 5.41) is 16.8. The average molecular weight is 333 g/mol. The summed E-state index contributed by atoms with van der Waals surface area (Å²) in [6, 6.07) is 15.7. The van der Waals surface area contributed by atoms with Gasteiger partial charge in [-0.2, -0.15) is 15.5 Å². The fourth-order valence-electron chi connectivity index (χ4n) is 2.15. The molecule has 3 aromatic rings. The van der Waals surface area contributed by atoms with E-state index in [9.17, 15) is 9.18 Å². The molecule has 1 heterocycles. The minimum absolute atomic E-state index is 0.0370. The van der Waals surface area contributed by atoms with E-state index in [-0.39, 0.29) is 11.3 Å². The van der Waals surface area contributed by atoms with Gasteiger partial charge in [-0.3, -0.25) is 0 Å². The predicted octanol–water partition coefficient (Wildman–Crippen LogP) is 3.68. The van der Waals surface area contributed by atoms with Crippen LogP contribution in [0.5, 0.6) is 5.75 Å². The van der Waals surface area contributed by atoms with Gasteiger partial charge in [0.25, 0.3) is 0 Å².